The largest absolute Gasteiger partial charge is 0.480 e. The molecule has 0 bridgehead atoms. The summed E-state index contributed by atoms with van der Waals surface area (Å²) in [4.78, 5) is 10.4. The molecule has 0 saturated carbocycles. The molecule has 0 rings (SSSR count). The van der Waals surface area contributed by atoms with Gasteiger partial charge in [-0.25, -0.2) is 4.79 Å². The first-order chi connectivity index (χ1) is 6.25. The molecule has 0 aromatic rings. The topological polar surface area (TPSA) is 75.3 Å². The Labute approximate surface area is 79.3 Å². The van der Waals surface area contributed by atoms with E-state index in [-0.39, 0.29) is 13.1 Å². The van der Waals surface area contributed by atoms with E-state index in [0.717, 1.165) is 0 Å². The van der Waals surface area contributed by atoms with E-state index in [0.29, 0.717) is 13.3 Å². The first-order valence-corrected chi connectivity index (χ1v) is 4.01. The maximum Gasteiger partial charge on any atom is 0.417 e. The summed E-state index contributed by atoms with van der Waals surface area (Å²) in [6, 6.07) is 0. The van der Waals surface area contributed by atoms with Gasteiger partial charge in [0.2, 0.25) is 5.54 Å². The number of halogens is 3. The van der Waals surface area contributed by atoms with Crippen molar-refractivity contribution in [2.24, 2.45) is 5.73 Å². The van der Waals surface area contributed by atoms with Gasteiger partial charge in [-0.3, -0.25) is 5.32 Å². The summed E-state index contributed by atoms with van der Waals surface area (Å²) < 4.78 is 36.9. The normalized spacial score (nSPS) is 16.4. The highest BCUT2D eigenvalue weighted by Crippen LogP contribution is 2.30. The van der Waals surface area contributed by atoms with E-state index in [1.54, 1.807) is 0 Å². The van der Waals surface area contributed by atoms with Crippen LogP contribution in [0.3, 0.4) is 0 Å². The number of carboxylic acid groups (broad SMARTS) is 1. The molecule has 0 heterocycles. The predicted octanol–water partition coefficient (Wildman–Crippen LogP) is 0.330. The summed E-state index contributed by atoms with van der Waals surface area (Å²) in [6.07, 6.45) is -4.54. The monoisotopic (exact) mass is 214 g/mol. The van der Waals surface area contributed by atoms with Gasteiger partial charge in [-0.15, -0.1) is 0 Å². The third kappa shape index (κ3) is 2.85. The van der Waals surface area contributed by atoms with Crippen molar-refractivity contribution in [3.8, 4) is 0 Å². The summed E-state index contributed by atoms with van der Waals surface area (Å²) in [5, 5.41) is 10.4. The van der Waals surface area contributed by atoms with Gasteiger partial charge in [0.15, 0.2) is 0 Å². The number of carboxylic acids is 1. The van der Waals surface area contributed by atoms with Gasteiger partial charge in [0, 0.05) is 0 Å². The molecule has 0 radical (unpaired) electrons. The molecule has 0 aliphatic rings. The first-order valence-electron chi connectivity index (χ1n) is 4.01. The standard InChI is InChI=1S/C7H13F3N2O2/c1-6(5(13)14,7(8,9)10)12-4-2-3-11/h12H,2-4,11H2,1H3,(H,13,14). The number of carbonyl (C=O) groups is 1. The van der Waals surface area contributed by atoms with Crippen LogP contribution in [0.25, 0.3) is 0 Å². The van der Waals surface area contributed by atoms with E-state index in [9.17, 15) is 18.0 Å². The van der Waals surface area contributed by atoms with E-state index in [2.05, 4.69) is 0 Å². The minimum absolute atomic E-state index is 0.0845. The number of nitrogens with two attached hydrogens (primary N) is 1. The minimum atomic E-state index is -4.83. The smallest absolute Gasteiger partial charge is 0.417 e. The minimum Gasteiger partial charge on any atom is -0.480 e. The Hall–Kier alpha value is -0.820. The van der Waals surface area contributed by atoms with Crippen LogP contribution in [-0.2, 0) is 4.79 Å². The molecule has 4 N–H and O–H groups in total. The summed E-state index contributed by atoms with van der Waals surface area (Å²) >= 11 is 0. The second-order valence-corrected chi connectivity index (χ2v) is 3.00. The fraction of sp³-hybridized carbons (Fsp3) is 0.857. The van der Waals surface area contributed by atoms with Crippen molar-refractivity contribution < 1.29 is 23.1 Å². The second kappa shape index (κ2) is 4.61. The summed E-state index contributed by atoms with van der Waals surface area (Å²) in [5.74, 6) is -1.94. The Bertz CT molecular complexity index is 208. The second-order valence-electron chi connectivity index (χ2n) is 3.00. The average molecular weight is 214 g/mol. The lowest BCUT2D eigenvalue weighted by Gasteiger charge is -2.28. The highest BCUT2D eigenvalue weighted by molar-refractivity contribution is 5.79. The van der Waals surface area contributed by atoms with Crippen LogP contribution < -0.4 is 11.1 Å². The van der Waals surface area contributed by atoms with Gasteiger partial charge in [0.25, 0.3) is 0 Å². The Morgan fingerprint density at radius 1 is 1.50 bits per heavy atom. The van der Waals surface area contributed by atoms with E-state index in [1.807, 2.05) is 5.32 Å². The number of aliphatic carboxylic acids is 1. The maximum absolute atomic E-state index is 12.3. The third-order valence-corrected chi connectivity index (χ3v) is 1.85. The van der Waals surface area contributed by atoms with Crippen LogP contribution in [0.2, 0.25) is 0 Å². The zero-order valence-electron chi connectivity index (χ0n) is 7.69. The molecule has 84 valence electrons. The van der Waals surface area contributed by atoms with E-state index >= 15 is 0 Å². The molecule has 7 heteroatoms. The van der Waals surface area contributed by atoms with Crippen LogP contribution in [-0.4, -0.2) is 35.9 Å². The Balaban J connectivity index is 4.50. The van der Waals surface area contributed by atoms with Gasteiger partial charge >= 0.3 is 12.1 Å². The van der Waals surface area contributed by atoms with Crippen molar-refractivity contribution in [2.45, 2.75) is 25.1 Å². The van der Waals surface area contributed by atoms with Crippen LogP contribution in [0, 0.1) is 0 Å². The molecule has 1 atom stereocenters. The molecule has 14 heavy (non-hydrogen) atoms. The fourth-order valence-electron chi connectivity index (χ4n) is 0.738. The van der Waals surface area contributed by atoms with Crippen LogP contribution in [0.4, 0.5) is 13.2 Å². The van der Waals surface area contributed by atoms with Crippen molar-refractivity contribution in [3.63, 3.8) is 0 Å². The zero-order chi connectivity index (χ0) is 11.4. The molecule has 0 fully saturated rings. The lowest BCUT2D eigenvalue weighted by molar-refractivity contribution is -0.205. The van der Waals surface area contributed by atoms with Crippen molar-refractivity contribution in [1.82, 2.24) is 5.32 Å². The van der Waals surface area contributed by atoms with E-state index in [4.69, 9.17) is 10.8 Å². The van der Waals surface area contributed by atoms with Gasteiger partial charge in [-0.2, -0.15) is 13.2 Å². The number of hydrogen-bond donors (Lipinski definition) is 3. The SMILES string of the molecule is CC(NCCCN)(C(=O)O)C(F)(F)F. The molecular weight excluding hydrogens is 201 g/mol. The third-order valence-electron chi connectivity index (χ3n) is 1.85. The summed E-state index contributed by atoms with van der Waals surface area (Å²) in [7, 11) is 0. The molecule has 0 aromatic heterocycles. The van der Waals surface area contributed by atoms with Crippen molar-refractivity contribution in [2.75, 3.05) is 13.1 Å². The van der Waals surface area contributed by atoms with Gasteiger partial charge in [0.1, 0.15) is 0 Å². The highest BCUT2D eigenvalue weighted by atomic mass is 19.4. The fourth-order valence-corrected chi connectivity index (χ4v) is 0.738. The van der Waals surface area contributed by atoms with Crippen LogP contribution in [0.5, 0.6) is 0 Å². The molecule has 0 aliphatic heterocycles. The molecule has 0 aromatic carbocycles. The van der Waals surface area contributed by atoms with Crippen LogP contribution in [0.15, 0.2) is 0 Å². The molecule has 1 unspecified atom stereocenters. The Morgan fingerprint density at radius 3 is 2.29 bits per heavy atom. The van der Waals surface area contributed by atoms with Gasteiger partial charge in [-0.05, 0) is 26.4 Å². The molecule has 0 aliphatic carbocycles. The maximum atomic E-state index is 12.3. The van der Waals surface area contributed by atoms with Gasteiger partial charge in [-0.1, -0.05) is 0 Å². The number of hydrogen-bond acceptors (Lipinski definition) is 3. The quantitative estimate of drug-likeness (QED) is 0.576. The van der Waals surface area contributed by atoms with Gasteiger partial charge in [0.05, 0.1) is 0 Å². The lowest BCUT2D eigenvalue weighted by Crippen LogP contribution is -2.60. The lowest BCUT2D eigenvalue weighted by atomic mass is 10.0. The van der Waals surface area contributed by atoms with Gasteiger partial charge < -0.3 is 10.8 Å². The summed E-state index contributed by atoms with van der Waals surface area (Å²) in [5.41, 5.74) is 2.17. The van der Waals surface area contributed by atoms with Crippen LogP contribution >= 0.6 is 0 Å². The Kier molecular flexibility index (Phi) is 4.34. The van der Waals surface area contributed by atoms with Crippen molar-refractivity contribution in [1.29, 1.82) is 0 Å². The first kappa shape index (κ1) is 13.2. The number of rotatable bonds is 5. The molecule has 0 amide bonds. The van der Waals surface area contributed by atoms with Crippen molar-refractivity contribution >= 4 is 5.97 Å². The average Bonchev–Trinajstić information content (AvgIpc) is 2.02. The highest BCUT2D eigenvalue weighted by Gasteiger charge is 2.56. The van der Waals surface area contributed by atoms with E-state index < -0.39 is 17.7 Å². The number of alkyl halides is 3. The van der Waals surface area contributed by atoms with Crippen molar-refractivity contribution in [3.05, 3.63) is 0 Å². The van der Waals surface area contributed by atoms with E-state index in [1.165, 1.54) is 0 Å². The molecule has 0 saturated heterocycles. The molecule has 4 nitrogen and oxygen atoms in total. The van der Waals surface area contributed by atoms with Crippen LogP contribution in [0.1, 0.15) is 13.3 Å². The zero-order valence-corrected chi connectivity index (χ0v) is 7.69. The Morgan fingerprint density at radius 2 is 2.00 bits per heavy atom. The number of nitrogens with one attached hydrogen (secondary N) is 1. The predicted molar refractivity (Wildman–Crippen MR) is 43.8 cm³/mol. The molecule has 0 spiro atoms. The summed E-state index contributed by atoms with van der Waals surface area (Å²) in [6.45, 7) is 0.714. The molecular formula is C7H13F3N2O2.